The van der Waals surface area contributed by atoms with E-state index in [0.29, 0.717) is 22.9 Å². The van der Waals surface area contributed by atoms with Crippen LogP contribution in [0.3, 0.4) is 0 Å². The Labute approximate surface area is 141 Å². The molecule has 0 spiro atoms. The number of rotatable bonds is 3. The average Bonchev–Trinajstić information content (AvgIpc) is 3.26. The first-order valence-corrected chi connectivity index (χ1v) is 8.24. The summed E-state index contributed by atoms with van der Waals surface area (Å²) in [6, 6.07) is 3.94. The Kier molecular flexibility index (Phi) is 3.05. The second kappa shape index (κ2) is 5.19. The molecule has 2 aliphatic rings. The minimum atomic E-state index is -0.742. The van der Waals surface area contributed by atoms with Crippen molar-refractivity contribution in [1.82, 2.24) is 24.6 Å². The maximum atomic E-state index is 14.1. The van der Waals surface area contributed by atoms with E-state index >= 15 is 0 Å². The summed E-state index contributed by atoms with van der Waals surface area (Å²) in [5, 5.41) is 14.6. The molecule has 6 nitrogen and oxygen atoms in total. The fourth-order valence-electron chi connectivity index (χ4n) is 3.34. The lowest BCUT2D eigenvalue weighted by molar-refractivity contribution is 0.133. The zero-order chi connectivity index (χ0) is 17.1. The molecule has 0 unspecified atom stereocenters. The van der Waals surface area contributed by atoms with Gasteiger partial charge in [0.25, 0.3) is 0 Å². The lowest BCUT2D eigenvalue weighted by atomic mass is 9.99. The maximum Gasteiger partial charge on any atom is 0.225 e. The molecular weight excluding hydrogens is 328 g/mol. The fraction of sp³-hybridized carbons (Fsp3) is 0.353. The van der Waals surface area contributed by atoms with E-state index < -0.39 is 11.6 Å². The molecular formula is C17H15F2N5O. The van der Waals surface area contributed by atoms with Gasteiger partial charge in [-0.2, -0.15) is 10.1 Å². The average molecular weight is 343 g/mol. The first-order chi connectivity index (χ1) is 12.1. The summed E-state index contributed by atoms with van der Waals surface area (Å²) in [6.07, 6.45) is 3.87. The van der Waals surface area contributed by atoms with Gasteiger partial charge in [-0.3, -0.25) is 4.90 Å². The number of hydrogen-bond donors (Lipinski definition) is 1. The molecule has 2 fully saturated rings. The van der Waals surface area contributed by atoms with Crippen LogP contribution in [0.2, 0.25) is 0 Å². The lowest BCUT2D eigenvalue weighted by Gasteiger charge is -2.38. The smallest absolute Gasteiger partial charge is 0.225 e. The molecule has 2 aromatic heterocycles. The molecule has 3 aromatic rings. The summed E-state index contributed by atoms with van der Waals surface area (Å²) in [5.41, 5.74) is 0.395. The number of aromatic hydroxyl groups is 1. The van der Waals surface area contributed by atoms with Crippen molar-refractivity contribution < 1.29 is 13.9 Å². The van der Waals surface area contributed by atoms with Gasteiger partial charge in [-0.15, -0.1) is 0 Å². The van der Waals surface area contributed by atoms with Crippen LogP contribution < -0.4 is 0 Å². The number of nitrogens with zero attached hydrogens (tertiary/aromatic N) is 5. The van der Waals surface area contributed by atoms with Crippen molar-refractivity contribution in [3.05, 3.63) is 41.9 Å². The molecule has 5 rings (SSSR count). The molecule has 0 atom stereocenters. The van der Waals surface area contributed by atoms with Crippen molar-refractivity contribution in [2.75, 3.05) is 13.1 Å². The summed E-state index contributed by atoms with van der Waals surface area (Å²) < 4.78 is 28.5. The minimum absolute atomic E-state index is 0.0775. The summed E-state index contributed by atoms with van der Waals surface area (Å²) in [5.74, 6) is -0.888. The molecule has 1 aliphatic heterocycles. The van der Waals surface area contributed by atoms with Crippen molar-refractivity contribution in [2.45, 2.75) is 24.8 Å². The molecule has 25 heavy (non-hydrogen) atoms. The molecule has 128 valence electrons. The Hall–Kier alpha value is -2.61. The first-order valence-electron chi connectivity index (χ1n) is 8.24. The molecule has 1 N–H and O–H groups in total. The normalized spacial score (nSPS) is 18.6. The first kappa shape index (κ1) is 14.7. The van der Waals surface area contributed by atoms with E-state index in [1.54, 1.807) is 0 Å². The van der Waals surface area contributed by atoms with Crippen LogP contribution in [0.25, 0.3) is 16.7 Å². The van der Waals surface area contributed by atoms with Crippen LogP contribution in [0.4, 0.5) is 8.78 Å². The monoisotopic (exact) mass is 343 g/mol. The SMILES string of the molecule is Oc1nc(C2CN(C3CC3)C2)nc2c1cnn2-c1ccc(F)cc1F. The fourth-order valence-corrected chi connectivity index (χ4v) is 3.34. The van der Waals surface area contributed by atoms with Gasteiger partial charge in [0, 0.05) is 31.1 Å². The predicted octanol–water partition coefficient (Wildman–Crippen LogP) is 2.36. The third-order valence-electron chi connectivity index (χ3n) is 4.90. The van der Waals surface area contributed by atoms with Gasteiger partial charge in [-0.25, -0.2) is 18.4 Å². The van der Waals surface area contributed by atoms with E-state index in [-0.39, 0.29) is 17.5 Å². The Morgan fingerprint density at radius 3 is 2.64 bits per heavy atom. The van der Waals surface area contributed by atoms with Gasteiger partial charge in [0.05, 0.1) is 6.20 Å². The van der Waals surface area contributed by atoms with E-state index in [9.17, 15) is 13.9 Å². The molecule has 1 aliphatic carbocycles. The van der Waals surface area contributed by atoms with E-state index in [2.05, 4.69) is 20.0 Å². The third kappa shape index (κ3) is 2.36. The summed E-state index contributed by atoms with van der Waals surface area (Å²) in [7, 11) is 0. The second-order valence-corrected chi connectivity index (χ2v) is 6.68. The Morgan fingerprint density at radius 2 is 1.92 bits per heavy atom. The van der Waals surface area contributed by atoms with Gasteiger partial charge in [0.15, 0.2) is 11.5 Å². The van der Waals surface area contributed by atoms with E-state index in [1.807, 2.05) is 0 Å². The molecule has 0 bridgehead atoms. The molecule has 8 heteroatoms. The van der Waals surface area contributed by atoms with E-state index in [1.165, 1.54) is 29.8 Å². The largest absolute Gasteiger partial charge is 0.493 e. The van der Waals surface area contributed by atoms with Gasteiger partial charge < -0.3 is 5.11 Å². The highest BCUT2D eigenvalue weighted by Gasteiger charge is 2.40. The van der Waals surface area contributed by atoms with Gasteiger partial charge >= 0.3 is 0 Å². The Bertz CT molecular complexity index is 979. The van der Waals surface area contributed by atoms with Crippen molar-refractivity contribution in [2.24, 2.45) is 0 Å². The summed E-state index contributed by atoms with van der Waals surface area (Å²) in [4.78, 5) is 11.1. The number of aromatic nitrogens is 4. The van der Waals surface area contributed by atoms with Gasteiger partial charge in [-0.05, 0) is 25.0 Å². The summed E-state index contributed by atoms with van der Waals surface area (Å²) in [6.45, 7) is 1.74. The number of likely N-dealkylation sites (tertiary alicyclic amines) is 1. The van der Waals surface area contributed by atoms with Crippen molar-refractivity contribution in [3.8, 4) is 11.6 Å². The zero-order valence-electron chi connectivity index (χ0n) is 13.2. The zero-order valence-corrected chi connectivity index (χ0v) is 13.2. The van der Waals surface area contributed by atoms with E-state index in [4.69, 9.17) is 0 Å². The van der Waals surface area contributed by atoms with Crippen molar-refractivity contribution >= 4 is 11.0 Å². The van der Waals surface area contributed by atoms with Crippen LogP contribution in [0.1, 0.15) is 24.6 Å². The van der Waals surface area contributed by atoms with Crippen molar-refractivity contribution in [1.29, 1.82) is 0 Å². The molecule has 1 saturated carbocycles. The molecule has 0 amide bonds. The van der Waals surface area contributed by atoms with Gasteiger partial charge in [0.2, 0.25) is 5.88 Å². The highest BCUT2D eigenvalue weighted by atomic mass is 19.1. The number of hydrogen-bond acceptors (Lipinski definition) is 5. The summed E-state index contributed by atoms with van der Waals surface area (Å²) >= 11 is 0. The Balaban J connectivity index is 1.56. The maximum absolute atomic E-state index is 14.1. The minimum Gasteiger partial charge on any atom is -0.493 e. The highest BCUT2D eigenvalue weighted by molar-refractivity contribution is 5.81. The van der Waals surface area contributed by atoms with Crippen LogP contribution in [0, 0.1) is 11.6 Å². The van der Waals surface area contributed by atoms with Crippen LogP contribution >= 0.6 is 0 Å². The standard InChI is InChI=1S/C17H15F2N5O/c18-10-1-4-14(13(19)5-10)24-16-12(6-20-24)17(25)22-15(21-16)9-7-23(8-9)11-2-3-11/h1,4-6,9,11H,2-3,7-8H2,(H,21,22,25). The number of halogens is 2. The molecule has 3 heterocycles. The van der Waals surface area contributed by atoms with E-state index in [0.717, 1.165) is 25.2 Å². The van der Waals surface area contributed by atoms with Crippen molar-refractivity contribution in [3.63, 3.8) is 0 Å². The molecule has 1 aromatic carbocycles. The van der Waals surface area contributed by atoms with Gasteiger partial charge in [0.1, 0.15) is 22.7 Å². The second-order valence-electron chi connectivity index (χ2n) is 6.68. The highest BCUT2D eigenvalue weighted by Crippen LogP contribution is 2.37. The van der Waals surface area contributed by atoms with Crippen LogP contribution in [0.5, 0.6) is 5.88 Å². The quantitative estimate of drug-likeness (QED) is 0.791. The number of benzene rings is 1. The predicted molar refractivity (Wildman–Crippen MR) is 85.6 cm³/mol. The van der Waals surface area contributed by atoms with Crippen LogP contribution in [-0.2, 0) is 0 Å². The molecule has 1 saturated heterocycles. The number of fused-ring (bicyclic) bond motifs is 1. The Morgan fingerprint density at radius 1 is 1.12 bits per heavy atom. The van der Waals surface area contributed by atoms with Crippen LogP contribution in [-0.4, -0.2) is 48.9 Å². The lowest BCUT2D eigenvalue weighted by Crippen LogP contribution is -2.46. The van der Waals surface area contributed by atoms with Crippen LogP contribution in [0.15, 0.2) is 24.4 Å². The third-order valence-corrected chi connectivity index (χ3v) is 4.90. The molecule has 0 radical (unpaired) electrons. The topological polar surface area (TPSA) is 67.1 Å². The van der Waals surface area contributed by atoms with Gasteiger partial charge in [-0.1, -0.05) is 0 Å².